The van der Waals surface area contributed by atoms with Crippen LogP contribution < -0.4 is 9.46 Å². The summed E-state index contributed by atoms with van der Waals surface area (Å²) in [6, 6.07) is 11.4. The van der Waals surface area contributed by atoms with Crippen LogP contribution in [0.5, 0.6) is 5.75 Å². The molecule has 0 bridgehead atoms. The minimum Gasteiger partial charge on any atom is -0.493 e. The van der Waals surface area contributed by atoms with Gasteiger partial charge in [0.05, 0.1) is 11.5 Å². The van der Waals surface area contributed by atoms with Gasteiger partial charge in [-0.2, -0.15) is 0 Å². The molecule has 0 aliphatic rings. The summed E-state index contributed by atoms with van der Waals surface area (Å²) in [5.41, 5.74) is 1.26. The minimum atomic E-state index is -3.64. The largest absolute Gasteiger partial charge is 0.493 e. The molecule has 0 aromatic heterocycles. The highest BCUT2D eigenvalue weighted by Gasteiger charge is 2.15. The summed E-state index contributed by atoms with van der Waals surface area (Å²) < 4.78 is 33.0. The van der Waals surface area contributed by atoms with E-state index in [-0.39, 0.29) is 4.90 Å². The summed E-state index contributed by atoms with van der Waals surface area (Å²) >= 11 is 5.80. The highest BCUT2D eigenvalue weighted by atomic mass is 35.5. The molecule has 1 N–H and O–H groups in total. The molecule has 0 aliphatic heterocycles. The van der Waals surface area contributed by atoms with E-state index >= 15 is 0 Å². The summed E-state index contributed by atoms with van der Waals surface area (Å²) in [4.78, 5) is 0.202. The van der Waals surface area contributed by atoms with Crippen LogP contribution in [0.15, 0.2) is 47.4 Å². The molecule has 6 heteroatoms. The Labute approximate surface area is 142 Å². The van der Waals surface area contributed by atoms with Crippen molar-refractivity contribution < 1.29 is 13.2 Å². The third-order valence-corrected chi connectivity index (χ3v) is 4.94. The van der Waals surface area contributed by atoms with Crippen molar-refractivity contribution in [2.75, 3.05) is 11.3 Å². The van der Waals surface area contributed by atoms with Gasteiger partial charge in [0, 0.05) is 10.7 Å². The molecular formula is C17H20ClNO3S. The van der Waals surface area contributed by atoms with Gasteiger partial charge in [-0.1, -0.05) is 24.9 Å². The summed E-state index contributed by atoms with van der Waals surface area (Å²) in [5.74, 6) is 0.712. The van der Waals surface area contributed by atoms with Crippen LogP contribution in [0.4, 0.5) is 5.69 Å². The van der Waals surface area contributed by atoms with Crippen LogP contribution in [0.1, 0.15) is 25.3 Å². The normalized spacial score (nSPS) is 11.3. The van der Waals surface area contributed by atoms with Crippen LogP contribution >= 0.6 is 11.6 Å². The minimum absolute atomic E-state index is 0.202. The lowest BCUT2D eigenvalue weighted by atomic mass is 10.2. The van der Waals surface area contributed by atoms with Crippen LogP contribution in [-0.2, 0) is 10.0 Å². The lowest BCUT2D eigenvalue weighted by molar-refractivity contribution is 0.307. The Kier molecular flexibility index (Phi) is 5.91. The van der Waals surface area contributed by atoms with Gasteiger partial charge in [-0.15, -0.1) is 0 Å². The van der Waals surface area contributed by atoms with E-state index in [2.05, 4.69) is 11.6 Å². The number of aryl methyl sites for hydroxylation is 1. The van der Waals surface area contributed by atoms with Gasteiger partial charge in [0.25, 0.3) is 10.0 Å². The quantitative estimate of drug-likeness (QED) is 0.738. The maximum Gasteiger partial charge on any atom is 0.261 e. The predicted molar refractivity (Wildman–Crippen MR) is 93.8 cm³/mol. The Balaban J connectivity index is 2.16. The Bertz CT molecular complexity index is 758. The molecule has 0 atom stereocenters. The van der Waals surface area contributed by atoms with Gasteiger partial charge in [0.1, 0.15) is 5.75 Å². The van der Waals surface area contributed by atoms with E-state index in [4.69, 9.17) is 16.3 Å². The van der Waals surface area contributed by atoms with Crippen molar-refractivity contribution in [1.29, 1.82) is 0 Å². The molecule has 0 heterocycles. The third kappa shape index (κ3) is 4.88. The molecule has 0 saturated heterocycles. The SMILES string of the molecule is CCCCOc1ccc(S(=O)(=O)Nc2ccc(Cl)cc2)cc1C. The molecule has 2 rings (SSSR count). The van der Waals surface area contributed by atoms with Crippen LogP contribution in [-0.4, -0.2) is 15.0 Å². The summed E-state index contributed by atoms with van der Waals surface area (Å²) in [6.45, 7) is 4.56. The van der Waals surface area contributed by atoms with Gasteiger partial charge >= 0.3 is 0 Å². The summed E-state index contributed by atoms with van der Waals surface area (Å²) in [6.07, 6.45) is 2.02. The fourth-order valence-electron chi connectivity index (χ4n) is 2.01. The van der Waals surface area contributed by atoms with Gasteiger partial charge in [0.2, 0.25) is 0 Å². The first kappa shape index (κ1) is 17.6. The maximum atomic E-state index is 12.4. The smallest absolute Gasteiger partial charge is 0.261 e. The second-order valence-corrected chi connectivity index (χ2v) is 7.36. The van der Waals surface area contributed by atoms with Gasteiger partial charge in [-0.3, -0.25) is 4.72 Å². The Morgan fingerprint density at radius 3 is 2.43 bits per heavy atom. The molecule has 4 nitrogen and oxygen atoms in total. The zero-order valence-electron chi connectivity index (χ0n) is 13.2. The van der Waals surface area contributed by atoms with E-state index in [1.54, 1.807) is 42.5 Å². The zero-order valence-corrected chi connectivity index (χ0v) is 14.7. The molecular weight excluding hydrogens is 334 g/mol. The lowest BCUT2D eigenvalue weighted by Gasteiger charge is -2.12. The van der Waals surface area contributed by atoms with Crippen molar-refractivity contribution in [1.82, 2.24) is 0 Å². The average molecular weight is 354 g/mol. The van der Waals surface area contributed by atoms with E-state index in [1.807, 2.05) is 6.92 Å². The van der Waals surface area contributed by atoms with Gasteiger partial charge in [0.15, 0.2) is 0 Å². The highest BCUT2D eigenvalue weighted by Crippen LogP contribution is 2.24. The summed E-state index contributed by atoms with van der Waals surface area (Å²) in [7, 11) is -3.64. The number of hydrogen-bond donors (Lipinski definition) is 1. The number of rotatable bonds is 7. The standard InChI is InChI=1S/C17H20ClNO3S/c1-3-4-11-22-17-10-9-16(12-13(17)2)23(20,21)19-15-7-5-14(18)6-8-15/h5-10,12,19H,3-4,11H2,1-2H3. The van der Waals surface area contributed by atoms with E-state index in [0.29, 0.717) is 23.1 Å². The van der Waals surface area contributed by atoms with E-state index in [1.165, 1.54) is 0 Å². The molecule has 0 fully saturated rings. The van der Waals surface area contributed by atoms with Crippen molar-refractivity contribution in [3.8, 4) is 5.75 Å². The second-order valence-electron chi connectivity index (χ2n) is 5.24. The van der Waals surface area contributed by atoms with Crippen LogP contribution in [0.25, 0.3) is 0 Å². The Morgan fingerprint density at radius 1 is 1.13 bits per heavy atom. The van der Waals surface area contributed by atoms with Crippen LogP contribution in [0.3, 0.4) is 0 Å². The Hall–Kier alpha value is -1.72. The lowest BCUT2D eigenvalue weighted by Crippen LogP contribution is -2.13. The van der Waals surface area contributed by atoms with Gasteiger partial charge in [-0.25, -0.2) is 8.42 Å². The van der Waals surface area contributed by atoms with E-state index < -0.39 is 10.0 Å². The first-order valence-corrected chi connectivity index (χ1v) is 9.30. The van der Waals surface area contributed by atoms with Crippen molar-refractivity contribution in [2.24, 2.45) is 0 Å². The predicted octanol–water partition coefficient (Wildman–Crippen LogP) is 4.63. The number of unbranched alkanes of at least 4 members (excludes halogenated alkanes) is 1. The zero-order chi connectivity index (χ0) is 16.9. The Morgan fingerprint density at radius 2 is 1.83 bits per heavy atom. The molecule has 2 aromatic rings. The molecule has 0 amide bonds. The monoisotopic (exact) mass is 353 g/mol. The van der Waals surface area contributed by atoms with E-state index in [9.17, 15) is 8.42 Å². The number of anilines is 1. The molecule has 2 aromatic carbocycles. The molecule has 0 unspecified atom stereocenters. The van der Waals surface area contributed by atoms with Gasteiger partial charge < -0.3 is 4.74 Å². The average Bonchev–Trinajstić information content (AvgIpc) is 2.51. The number of halogens is 1. The van der Waals surface area contributed by atoms with Crippen molar-refractivity contribution in [2.45, 2.75) is 31.6 Å². The fourth-order valence-corrected chi connectivity index (χ4v) is 3.28. The number of benzene rings is 2. The first-order valence-electron chi connectivity index (χ1n) is 7.44. The first-order chi connectivity index (χ1) is 10.9. The maximum absolute atomic E-state index is 12.4. The molecule has 0 radical (unpaired) electrons. The third-order valence-electron chi connectivity index (χ3n) is 3.31. The van der Waals surface area contributed by atoms with E-state index in [0.717, 1.165) is 18.4 Å². The topological polar surface area (TPSA) is 55.4 Å². The van der Waals surface area contributed by atoms with Crippen molar-refractivity contribution in [3.63, 3.8) is 0 Å². The number of sulfonamides is 1. The molecule has 0 aliphatic carbocycles. The van der Waals surface area contributed by atoms with Crippen LogP contribution in [0.2, 0.25) is 5.02 Å². The van der Waals surface area contributed by atoms with Crippen LogP contribution in [0, 0.1) is 6.92 Å². The van der Waals surface area contributed by atoms with Gasteiger partial charge in [-0.05, 0) is 61.4 Å². The molecule has 23 heavy (non-hydrogen) atoms. The molecule has 0 saturated carbocycles. The highest BCUT2D eigenvalue weighted by molar-refractivity contribution is 7.92. The molecule has 124 valence electrons. The number of hydrogen-bond acceptors (Lipinski definition) is 3. The van der Waals surface area contributed by atoms with Crippen molar-refractivity contribution >= 4 is 27.3 Å². The molecule has 0 spiro atoms. The number of nitrogens with one attached hydrogen (secondary N) is 1. The van der Waals surface area contributed by atoms with Crippen molar-refractivity contribution in [3.05, 3.63) is 53.1 Å². The summed E-state index contributed by atoms with van der Waals surface area (Å²) in [5, 5.41) is 0.553. The second kappa shape index (κ2) is 7.70. The number of ether oxygens (including phenoxy) is 1. The fraction of sp³-hybridized carbons (Fsp3) is 0.294.